The van der Waals surface area contributed by atoms with Crippen LogP contribution in [-0.4, -0.2) is 48.8 Å². The third-order valence-electron chi connectivity index (χ3n) is 5.60. The highest BCUT2D eigenvalue weighted by Crippen LogP contribution is 2.27. The van der Waals surface area contributed by atoms with Crippen LogP contribution in [0.15, 0.2) is 12.4 Å². The number of likely N-dealkylation sites (tertiary alicyclic amines) is 1. The highest BCUT2D eigenvalue weighted by Gasteiger charge is 2.27. The Morgan fingerprint density at radius 3 is 2.56 bits per heavy atom. The monoisotopic (exact) mass is 342 g/mol. The Labute approximate surface area is 150 Å². The van der Waals surface area contributed by atoms with Crippen molar-refractivity contribution in [3.63, 3.8) is 0 Å². The average Bonchev–Trinajstić information content (AvgIpc) is 3.30. The number of aryl methyl sites for hydroxylation is 1. The fraction of sp³-hybridized carbons (Fsp3) is 0.684. The molecule has 2 aliphatic rings. The average molecular weight is 342 g/mol. The molecule has 0 spiro atoms. The highest BCUT2D eigenvalue weighted by molar-refractivity contribution is 5.29. The summed E-state index contributed by atoms with van der Waals surface area (Å²) in [4.78, 5) is 9.56. The molecule has 0 aliphatic carbocycles. The van der Waals surface area contributed by atoms with Gasteiger partial charge < -0.3 is 4.57 Å². The first-order chi connectivity index (χ1) is 12.1. The van der Waals surface area contributed by atoms with Gasteiger partial charge in [0.25, 0.3) is 0 Å². The summed E-state index contributed by atoms with van der Waals surface area (Å²) in [7, 11) is 2.07. The molecule has 0 aromatic carbocycles. The lowest BCUT2D eigenvalue weighted by Gasteiger charge is -2.28. The molecule has 0 N–H and O–H groups in total. The van der Waals surface area contributed by atoms with E-state index in [1.807, 2.05) is 12.4 Å². The molecular formula is C19H30N6. The summed E-state index contributed by atoms with van der Waals surface area (Å²) in [5, 5.41) is 5.03. The van der Waals surface area contributed by atoms with Gasteiger partial charge in [-0.05, 0) is 46.2 Å². The molecule has 6 heteroatoms. The van der Waals surface area contributed by atoms with Crippen molar-refractivity contribution >= 4 is 0 Å². The zero-order valence-corrected chi connectivity index (χ0v) is 15.8. The lowest BCUT2D eigenvalue weighted by Crippen LogP contribution is -2.32. The predicted molar refractivity (Wildman–Crippen MR) is 98.1 cm³/mol. The van der Waals surface area contributed by atoms with Crippen LogP contribution in [0.1, 0.15) is 55.5 Å². The molecule has 0 unspecified atom stereocenters. The molecule has 25 heavy (non-hydrogen) atoms. The van der Waals surface area contributed by atoms with E-state index in [-0.39, 0.29) is 0 Å². The van der Waals surface area contributed by atoms with Gasteiger partial charge >= 0.3 is 0 Å². The van der Waals surface area contributed by atoms with Crippen molar-refractivity contribution in [2.45, 2.75) is 58.8 Å². The molecule has 4 rings (SSSR count). The van der Waals surface area contributed by atoms with E-state index < -0.39 is 0 Å². The molecule has 2 aromatic heterocycles. The normalized spacial score (nSPS) is 19.0. The number of fused-ring (bicyclic) bond motifs is 1. The molecular weight excluding hydrogens is 312 g/mol. The van der Waals surface area contributed by atoms with E-state index in [0.29, 0.717) is 6.04 Å². The van der Waals surface area contributed by atoms with Gasteiger partial charge in [-0.3, -0.25) is 14.5 Å². The summed E-state index contributed by atoms with van der Waals surface area (Å²) in [6, 6.07) is 0.411. The van der Waals surface area contributed by atoms with Crippen LogP contribution >= 0.6 is 0 Å². The molecule has 2 aliphatic heterocycles. The molecule has 1 saturated heterocycles. The lowest BCUT2D eigenvalue weighted by molar-refractivity contribution is 0.226. The van der Waals surface area contributed by atoms with Crippen molar-refractivity contribution in [3.8, 4) is 0 Å². The van der Waals surface area contributed by atoms with E-state index >= 15 is 0 Å². The van der Waals surface area contributed by atoms with Gasteiger partial charge in [0.05, 0.1) is 17.9 Å². The maximum absolute atomic E-state index is 5.03. The van der Waals surface area contributed by atoms with Gasteiger partial charge in [0.2, 0.25) is 0 Å². The third-order valence-corrected chi connectivity index (χ3v) is 5.60. The molecule has 4 heterocycles. The molecule has 2 aromatic rings. The predicted octanol–water partition coefficient (Wildman–Crippen LogP) is 2.35. The largest absolute Gasteiger partial charge is 0.337 e. The summed E-state index contributed by atoms with van der Waals surface area (Å²) in [5.41, 5.74) is 4.25. The number of rotatable bonds is 5. The van der Waals surface area contributed by atoms with E-state index in [1.165, 1.54) is 42.9 Å². The minimum absolute atomic E-state index is 0.411. The summed E-state index contributed by atoms with van der Waals surface area (Å²) in [6.07, 6.45) is 7.69. The van der Waals surface area contributed by atoms with Crippen molar-refractivity contribution in [2.75, 3.05) is 19.6 Å². The van der Waals surface area contributed by atoms with Crippen LogP contribution in [0.25, 0.3) is 0 Å². The molecule has 136 valence electrons. The molecule has 0 saturated carbocycles. The summed E-state index contributed by atoms with van der Waals surface area (Å²) in [6.45, 7) is 11.0. The second kappa shape index (κ2) is 6.92. The van der Waals surface area contributed by atoms with Crippen molar-refractivity contribution < 1.29 is 0 Å². The first-order valence-corrected chi connectivity index (χ1v) is 9.62. The maximum Gasteiger partial charge on any atom is 0.122 e. The topological polar surface area (TPSA) is 42.1 Å². The maximum atomic E-state index is 5.03. The second-order valence-corrected chi connectivity index (χ2v) is 7.81. The van der Waals surface area contributed by atoms with Crippen LogP contribution in [0.3, 0.4) is 0 Å². The minimum atomic E-state index is 0.411. The number of hydrogen-bond acceptors (Lipinski definition) is 4. The lowest BCUT2D eigenvalue weighted by atomic mass is 10.0. The first kappa shape index (κ1) is 16.8. The van der Waals surface area contributed by atoms with E-state index in [9.17, 15) is 0 Å². The minimum Gasteiger partial charge on any atom is -0.337 e. The third kappa shape index (κ3) is 3.37. The van der Waals surface area contributed by atoms with Gasteiger partial charge in [0.15, 0.2) is 0 Å². The van der Waals surface area contributed by atoms with Crippen LogP contribution in [0.2, 0.25) is 0 Å². The van der Waals surface area contributed by atoms with E-state index in [4.69, 9.17) is 5.10 Å². The fourth-order valence-corrected chi connectivity index (χ4v) is 4.16. The summed E-state index contributed by atoms with van der Waals surface area (Å²) >= 11 is 0. The van der Waals surface area contributed by atoms with Gasteiger partial charge in [-0.1, -0.05) is 0 Å². The Balaban J connectivity index is 1.55. The molecule has 0 atom stereocenters. The van der Waals surface area contributed by atoms with Gasteiger partial charge in [-0.25, -0.2) is 4.98 Å². The molecule has 0 bridgehead atoms. The Morgan fingerprint density at radius 2 is 1.88 bits per heavy atom. The highest BCUT2D eigenvalue weighted by atomic mass is 15.3. The second-order valence-electron chi connectivity index (χ2n) is 7.81. The van der Waals surface area contributed by atoms with Crippen molar-refractivity contribution in [3.05, 3.63) is 35.2 Å². The van der Waals surface area contributed by atoms with Gasteiger partial charge in [-0.15, -0.1) is 0 Å². The van der Waals surface area contributed by atoms with E-state index in [1.54, 1.807) is 0 Å². The van der Waals surface area contributed by atoms with Crippen LogP contribution < -0.4 is 0 Å². The van der Waals surface area contributed by atoms with Gasteiger partial charge in [0.1, 0.15) is 5.82 Å². The summed E-state index contributed by atoms with van der Waals surface area (Å²) < 4.78 is 4.39. The first-order valence-electron chi connectivity index (χ1n) is 9.62. The standard InChI is InChI=1S/C19H30N6/c1-15(2)25-18-13-24(14-19-20-7-11-22(19)3)10-6-16(18)17(21-25)12-23-8-4-5-9-23/h7,11,15H,4-6,8-10,12-14H2,1-3H3. The van der Waals surface area contributed by atoms with Crippen LogP contribution in [-0.2, 0) is 33.1 Å². The number of imidazole rings is 1. The van der Waals surface area contributed by atoms with Crippen molar-refractivity contribution in [1.29, 1.82) is 0 Å². The summed E-state index contributed by atoms with van der Waals surface area (Å²) in [5.74, 6) is 1.14. The number of aromatic nitrogens is 4. The van der Waals surface area contributed by atoms with Crippen LogP contribution in [0, 0.1) is 0 Å². The fourth-order valence-electron chi connectivity index (χ4n) is 4.16. The van der Waals surface area contributed by atoms with E-state index in [2.05, 4.69) is 44.9 Å². The molecule has 0 radical (unpaired) electrons. The SMILES string of the molecule is CC(C)n1nc(CN2CCCC2)c2c1CN(Cc1nccn1C)CC2. The van der Waals surface area contributed by atoms with Gasteiger partial charge in [0, 0.05) is 50.7 Å². The Bertz CT molecular complexity index is 722. The quantitative estimate of drug-likeness (QED) is 0.836. The molecule has 6 nitrogen and oxygen atoms in total. The zero-order chi connectivity index (χ0) is 17.4. The van der Waals surface area contributed by atoms with Crippen LogP contribution in [0.4, 0.5) is 0 Å². The Kier molecular flexibility index (Phi) is 4.65. The molecule has 0 amide bonds. The Morgan fingerprint density at radius 1 is 1.08 bits per heavy atom. The van der Waals surface area contributed by atoms with E-state index in [0.717, 1.165) is 38.4 Å². The van der Waals surface area contributed by atoms with Crippen LogP contribution in [0.5, 0.6) is 0 Å². The molecule has 1 fully saturated rings. The smallest absolute Gasteiger partial charge is 0.122 e. The number of hydrogen-bond donors (Lipinski definition) is 0. The number of nitrogens with zero attached hydrogens (tertiary/aromatic N) is 6. The van der Waals surface area contributed by atoms with Crippen molar-refractivity contribution in [1.82, 2.24) is 29.1 Å². The Hall–Kier alpha value is -1.66. The van der Waals surface area contributed by atoms with Gasteiger partial charge in [-0.2, -0.15) is 5.10 Å². The van der Waals surface area contributed by atoms with Crippen molar-refractivity contribution in [2.24, 2.45) is 7.05 Å². The zero-order valence-electron chi connectivity index (χ0n) is 15.8.